The van der Waals surface area contributed by atoms with Gasteiger partial charge in [-0.05, 0) is 30.2 Å². The highest BCUT2D eigenvalue weighted by Crippen LogP contribution is 2.21. The van der Waals surface area contributed by atoms with Gasteiger partial charge in [0.15, 0.2) is 0 Å². The highest BCUT2D eigenvalue weighted by molar-refractivity contribution is 5.56. The molecule has 1 aromatic carbocycles. The van der Waals surface area contributed by atoms with Gasteiger partial charge in [0.1, 0.15) is 0 Å². The van der Waals surface area contributed by atoms with Crippen LogP contribution in [0.15, 0.2) is 24.3 Å². The van der Waals surface area contributed by atoms with Crippen LogP contribution in [0, 0.1) is 5.92 Å². The van der Waals surface area contributed by atoms with Crippen molar-refractivity contribution in [1.82, 2.24) is 5.32 Å². The minimum absolute atomic E-state index is 0.604. The average molecular weight is 247 g/mol. The molecule has 1 fully saturated rings. The molecule has 0 bridgehead atoms. The smallest absolute Gasteiger partial charge is 0.0368 e. The van der Waals surface area contributed by atoms with Gasteiger partial charge in [-0.2, -0.15) is 0 Å². The first-order chi connectivity index (χ1) is 8.58. The molecule has 0 saturated carbocycles. The zero-order valence-corrected chi connectivity index (χ0v) is 12.0. The molecule has 1 aliphatic rings. The normalized spacial score (nSPS) is 20.3. The molecule has 0 amide bonds. The fourth-order valence-corrected chi connectivity index (χ4v) is 2.42. The second-order valence-electron chi connectivity index (χ2n) is 5.66. The maximum atomic E-state index is 3.60. The van der Waals surface area contributed by atoms with Crippen LogP contribution in [-0.2, 0) is 0 Å². The van der Waals surface area contributed by atoms with Gasteiger partial charge in [-0.3, -0.25) is 0 Å². The van der Waals surface area contributed by atoms with E-state index in [4.69, 9.17) is 0 Å². The van der Waals surface area contributed by atoms with Gasteiger partial charge >= 0.3 is 0 Å². The molecule has 0 radical (unpaired) electrons. The zero-order chi connectivity index (χ0) is 13.1. The van der Waals surface area contributed by atoms with Crippen molar-refractivity contribution in [1.29, 1.82) is 0 Å². The summed E-state index contributed by atoms with van der Waals surface area (Å²) in [5.41, 5.74) is 2.60. The standard InChI is InChI=1S/C15H25N3/c1-12(2)15-11-18(10-9-16-15)14-7-5-13(6-8-14)17(3)4/h5-8,12,15-16H,9-11H2,1-4H3. The van der Waals surface area contributed by atoms with Gasteiger partial charge < -0.3 is 15.1 Å². The van der Waals surface area contributed by atoms with Gasteiger partial charge in [-0.1, -0.05) is 13.8 Å². The summed E-state index contributed by atoms with van der Waals surface area (Å²) < 4.78 is 0. The van der Waals surface area contributed by atoms with E-state index in [9.17, 15) is 0 Å². The third kappa shape index (κ3) is 2.96. The van der Waals surface area contributed by atoms with Crippen molar-refractivity contribution in [2.75, 3.05) is 43.5 Å². The van der Waals surface area contributed by atoms with Crippen molar-refractivity contribution >= 4 is 11.4 Å². The Bertz CT molecular complexity index is 370. The lowest BCUT2D eigenvalue weighted by Gasteiger charge is -2.37. The first-order valence-corrected chi connectivity index (χ1v) is 6.83. The van der Waals surface area contributed by atoms with E-state index < -0.39 is 0 Å². The van der Waals surface area contributed by atoms with Crippen LogP contribution in [0.4, 0.5) is 11.4 Å². The van der Waals surface area contributed by atoms with E-state index in [1.807, 2.05) is 0 Å². The largest absolute Gasteiger partial charge is 0.378 e. The molecule has 0 aromatic heterocycles. The van der Waals surface area contributed by atoms with Crippen LogP contribution in [0.5, 0.6) is 0 Å². The highest BCUT2D eigenvalue weighted by atomic mass is 15.2. The van der Waals surface area contributed by atoms with Gasteiger partial charge in [-0.25, -0.2) is 0 Å². The minimum Gasteiger partial charge on any atom is -0.378 e. The van der Waals surface area contributed by atoms with E-state index in [1.54, 1.807) is 0 Å². The van der Waals surface area contributed by atoms with Crippen molar-refractivity contribution in [3.63, 3.8) is 0 Å². The van der Waals surface area contributed by atoms with E-state index in [1.165, 1.54) is 11.4 Å². The molecule has 3 nitrogen and oxygen atoms in total. The van der Waals surface area contributed by atoms with Gasteiger partial charge in [0, 0.05) is 51.1 Å². The van der Waals surface area contributed by atoms with Crippen molar-refractivity contribution in [3.8, 4) is 0 Å². The number of rotatable bonds is 3. The van der Waals surface area contributed by atoms with Gasteiger partial charge in [0.2, 0.25) is 0 Å². The molecule has 2 rings (SSSR count). The maximum Gasteiger partial charge on any atom is 0.0368 e. The zero-order valence-electron chi connectivity index (χ0n) is 12.0. The van der Waals surface area contributed by atoms with Gasteiger partial charge in [0.25, 0.3) is 0 Å². The van der Waals surface area contributed by atoms with Crippen LogP contribution in [0.25, 0.3) is 0 Å². The van der Waals surface area contributed by atoms with Crippen LogP contribution in [0.3, 0.4) is 0 Å². The molecule has 1 saturated heterocycles. The Labute approximate surface area is 111 Å². The van der Waals surface area contributed by atoms with Crippen molar-refractivity contribution in [3.05, 3.63) is 24.3 Å². The topological polar surface area (TPSA) is 18.5 Å². The minimum atomic E-state index is 0.604. The van der Waals surface area contributed by atoms with Crippen LogP contribution in [0.2, 0.25) is 0 Å². The highest BCUT2D eigenvalue weighted by Gasteiger charge is 2.21. The summed E-state index contributed by atoms with van der Waals surface area (Å²) in [5.74, 6) is 0.689. The molecular weight excluding hydrogens is 222 g/mol. The lowest BCUT2D eigenvalue weighted by molar-refractivity contribution is 0.368. The predicted octanol–water partition coefficient (Wildman–Crippen LogP) is 2.19. The van der Waals surface area contributed by atoms with E-state index in [2.05, 4.69) is 67.3 Å². The number of nitrogens with one attached hydrogen (secondary N) is 1. The molecule has 1 N–H and O–H groups in total. The molecule has 3 heteroatoms. The third-order valence-corrected chi connectivity index (χ3v) is 3.74. The maximum absolute atomic E-state index is 3.60. The summed E-state index contributed by atoms with van der Waals surface area (Å²) in [5, 5.41) is 3.60. The summed E-state index contributed by atoms with van der Waals surface area (Å²) in [4.78, 5) is 4.62. The Balaban J connectivity index is 2.06. The first-order valence-electron chi connectivity index (χ1n) is 6.83. The Morgan fingerprint density at radius 3 is 2.44 bits per heavy atom. The number of hydrogen-bond acceptors (Lipinski definition) is 3. The number of benzene rings is 1. The van der Waals surface area contributed by atoms with Crippen molar-refractivity contribution in [2.45, 2.75) is 19.9 Å². The number of nitrogens with zero attached hydrogens (tertiary/aromatic N) is 2. The molecule has 1 atom stereocenters. The van der Waals surface area contributed by atoms with Gasteiger partial charge in [0.05, 0.1) is 0 Å². The molecule has 1 unspecified atom stereocenters. The lowest BCUT2D eigenvalue weighted by Crippen LogP contribution is -2.52. The number of piperazine rings is 1. The molecule has 1 heterocycles. The lowest BCUT2D eigenvalue weighted by atomic mass is 10.0. The van der Waals surface area contributed by atoms with Crippen LogP contribution in [-0.4, -0.2) is 39.8 Å². The summed E-state index contributed by atoms with van der Waals surface area (Å²) >= 11 is 0. The third-order valence-electron chi connectivity index (χ3n) is 3.74. The van der Waals surface area contributed by atoms with Gasteiger partial charge in [-0.15, -0.1) is 0 Å². The molecule has 100 valence electrons. The fourth-order valence-electron chi connectivity index (χ4n) is 2.42. The Kier molecular flexibility index (Phi) is 4.12. The molecule has 0 aliphatic carbocycles. The van der Waals surface area contributed by atoms with E-state index in [-0.39, 0.29) is 0 Å². The monoisotopic (exact) mass is 247 g/mol. The van der Waals surface area contributed by atoms with Crippen LogP contribution in [0.1, 0.15) is 13.8 Å². The van der Waals surface area contributed by atoms with Crippen LogP contribution < -0.4 is 15.1 Å². The summed E-state index contributed by atoms with van der Waals surface area (Å²) in [6.07, 6.45) is 0. The fraction of sp³-hybridized carbons (Fsp3) is 0.600. The number of hydrogen-bond donors (Lipinski definition) is 1. The Morgan fingerprint density at radius 1 is 1.22 bits per heavy atom. The Hall–Kier alpha value is -1.22. The molecule has 1 aliphatic heterocycles. The molecule has 18 heavy (non-hydrogen) atoms. The van der Waals surface area contributed by atoms with E-state index >= 15 is 0 Å². The average Bonchev–Trinajstić information content (AvgIpc) is 2.39. The second-order valence-corrected chi connectivity index (χ2v) is 5.66. The van der Waals surface area contributed by atoms with Crippen molar-refractivity contribution < 1.29 is 0 Å². The van der Waals surface area contributed by atoms with E-state index in [0.29, 0.717) is 12.0 Å². The summed E-state index contributed by atoms with van der Waals surface area (Å²) in [7, 11) is 4.16. The summed E-state index contributed by atoms with van der Waals surface area (Å²) in [6, 6.07) is 9.46. The predicted molar refractivity (Wildman–Crippen MR) is 79.6 cm³/mol. The first kappa shape index (κ1) is 13.2. The SMILES string of the molecule is CC(C)C1CN(c2ccc(N(C)C)cc2)CCN1. The second kappa shape index (κ2) is 5.61. The van der Waals surface area contributed by atoms with Crippen LogP contribution >= 0.6 is 0 Å². The number of anilines is 2. The molecular formula is C15H25N3. The van der Waals surface area contributed by atoms with E-state index in [0.717, 1.165) is 19.6 Å². The molecule has 1 aromatic rings. The Morgan fingerprint density at radius 2 is 1.89 bits per heavy atom. The van der Waals surface area contributed by atoms with Crippen molar-refractivity contribution in [2.24, 2.45) is 5.92 Å². The quantitative estimate of drug-likeness (QED) is 0.883. The molecule has 0 spiro atoms. The summed E-state index contributed by atoms with van der Waals surface area (Å²) in [6.45, 7) is 7.87.